The Morgan fingerprint density at radius 3 is 2.12 bits per heavy atom. The molecule has 0 fully saturated rings. The van der Waals surface area contributed by atoms with E-state index < -0.39 is 17.6 Å². The molecule has 0 spiro atoms. The first-order chi connectivity index (χ1) is 11.2. The minimum absolute atomic E-state index is 0.0741. The van der Waals surface area contributed by atoms with Gasteiger partial charge in [-0.15, -0.1) is 0 Å². The molecule has 24 heavy (non-hydrogen) atoms. The van der Waals surface area contributed by atoms with Crippen LogP contribution in [0.25, 0.3) is 0 Å². The number of hydrogen-bond donors (Lipinski definition) is 2. The van der Waals surface area contributed by atoms with Crippen molar-refractivity contribution < 1.29 is 22.8 Å². The van der Waals surface area contributed by atoms with Gasteiger partial charge in [-0.05, 0) is 42.5 Å². The van der Waals surface area contributed by atoms with Crippen LogP contribution in [-0.4, -0.2) is 11.8 Å². The number of anilines is 2. The third kappa shape index (κ3) is 4.48. The lowest BCUT2D eigenvalue weighted by molar-refractivity contribution is -0.137. The Morgan fingerprint density at radius 1 is 1.00 bits per heavy atom. The van der Waals surface area contributed by atoms with E-state index in [9.17, 15) is 22.8 Å². The molecular formula is C16H12ClF3N2O2. The van der Waals surface area contributed by atoms with Crippen LogP contribution in [-0.2, 0) is 11.0 Å². The summed E-state index contributed by atoms with van der Waals surface area (Å²) in [6.07, 6.45) is -4.46. The molecule has 0 aliphatic carbocycles. The lowest BCUT2D eigenvalue weighted by Gasteiger charge is -2.10. The van der Waals surface area contributed by atoms with E-state index in [1.165, 1.54) is 25.1 Å². The summed E-state index contributed by atoms with van der Waals surface area (Å²) in [5.41, 5.74) is -0.0255. The molecule has 8 heteroatoms. The minimum Gasteiger partial charge on any atom is -0.325 e. The fourth-order valence-electron chi connectivity index (χ4n) is 1.90. The second kappa shape index (κ2) is 6.92. The number of benzene rings is 2. The Morgan fingerprint density at radius 2 is 1.62 bits per heavy atom. The predicted octanol–water partition coefficient (Wildman–Crippen LogP) is 4.57. The zero-order valence-electron chi connectivity index (χ0n) is 12.4. The Labute approximate surface area is 140 Å². The van der Waals surface area contributed by atoms with Crippen molar-refractivity contribution in [1.29, 1.82) is 0 Å². The molecule has 0 saturated carbocycles. The van der Waals surface area contributed by atoms with Gasteiger partial charge in [-0.1, -0.05) is 11.6 Å². The normalized spacial score (nSPS) is 11.0. The molecule has 0 heterocycles. The highest BCUT2D eigenvalue weighted by molar-refractivity contribution is 6.34. The largest absolute Gasteiger partial charge is 0.416 e. The van der Waals surface area contributed by atoms with Crippen molar-refractivity contribution in [3.05, 3.63) is 58.6 Å². The van der Waals surface area contributed by atoms with Gasteiger partial charge in [0.25, 0.3) is 5.91 Å². The Bertz CT molecular complexity index is 774. The second-order valence-corrected chi connectivity index (χ2v) is 5.31. The molecule has 126 valence electrons. The van der Waals surface area contributed by atoms with Crippen LogP contribution >= 0.6 is 11.6 Å². The van der Waals surface area contributed by atoms with Crippen LogP contribution in [0.1, 0.15) is 22.8 Å². The average molecular weight is 357 g/mol. The molecule has 4 nitrogen and oxygen atoms in total. The lowest BCUT2D eigenvalue weighted by atomic mass is 10.1. The van der Waals surface area contributed by atoms with Crippen molar-refractivity contribution in [2.24, 2.45) is 0 Å². The van der Waals surface area contributed by atoms with Gasteiger partial charge in [0.15, 0.2) is 0 Å². The summed E-state index contributed by atoms with van der Waals surface area (Å²) in [6.45, 7) is 1.33. The topological polar surface area (TPSA) is 58.2 Å². The summed E-state index contributed by atoms with van der Waals surface area (Å²) in [4.78, 5) is 23.0. The van der Waals surface area contributed by atoms with Crippen LogP contribution < -0.4 is 10.6 Å². The fourth-order valence-corrected chi connectivity index (χ4v) is 2.13. The maximum Gasteiger partial charge on any atom is 0.416 e. The number of carbonyl (C=O) groups is 2. The van der Waals surface area contributed by atoms with Gasteiger partial charge in [-0.25, -0.2) is 0 Å². The van der Waals surface area contributed by atoms with Gasteiger partial charge in [0.1, 0.15) is 0 Å². The molecule has 2 N–H and O–H groups in total. The molecule has 0 aromatic heterocycles. The van der Waals surface area contributed by atoms with E-state index in [1.54, 1.807) is 0 Å². The molecular weight excluding hydrogens is 345 g/mol. The number of halogens is 4. The van der Waals surface area contributed by atoms with Gasteiger partial charge in [0, 0.05) is 18.2 Å². The molecule has 2 amide bonds. The quantitative estimate of drug-likeness (QED) is 0.846. The molecule has 0 radical (unpaired) electrons. The van der Waals surface area contributed by atoms with Crippen LogP contribution in [0, 0.1) is 0 Å². The van der Waals surface area contributed by atoms with Crippen LogP contribution in [0.5, 0.6) is 0 Å². The van der Waals surface area contributed by atoms with E-state index in [2.05, 4.69) is 10.6 Å². The summed E-state index contributed by atoms with van der Waals surface area (Å²) in [7, 11) is 0. The molecule has 0 aliphatic rings. The molecule has 0 saturated heterocycles. The van der Waals surface area contributed by atoms with Crippen molar-refractivity contribution in [2.45, 2.75) is 13.1 Å². The second-order valence-electron chi connectivity index (χ2n) is 4.91. The van der Waals surface area contributed by atoms with Crippen molar-refractivity contribution in [2.75, 3.05) is 10.6 Å². The average Bonchev–Trinajstić information content (AvgIpc) is 2.49. The van der Waals surface area contributed by atoms with Crippen LogP contribution in [0.15, 0.2) is 42.5 Å². The van der Waals surface area contributed by atoms with Gasteiger partial charge in [-0.2, -0.15) is 13.2 Å². The van der Waals surface area contributed by atoms with Crippen molar-refractivity contribution in [1.82, 2.24) is 0 Å². The first-order valence-electron chi connectivity index (χ1n) is 6.72. The van der Waals surface area contributed by atoms with Crippen molar-refractivity contribution in [3.63, 3.8) is 0 Å². The van der Waals surface area contributed by atoms with E-state index in [0.29, 0.717) is 11.4 Å². The molecule has 0 aliphatic heterocycles. The summed E-state index contributed by atoms with van der Waals surface area (Å²) >= 11 is 5.98. The minimum atomic E-state index is -4.46. The zero-order chi connectivity index (χ0) is 17.9. The highest BCUT2D eigenvalue weighted by Crippen LogP contribution is 2.29. The third-order valence-corrected chi connectivity index (χ3v) is 3.32. The van der Waals surface area contributed by atoms with Crippen LogP contribution in [0.3, 0.4) is 0 Å². The zero-order valence-corrected chi connectivity index (χ0v) is 13.1. The number of carbonyl (C=O) groups excluding carboxylic acids is 2. The maximum absolute atomic E-state index is 12.5. The first-order valence-corrected chi connectivity index (χ1v) is 7.10. The highest BCUT2D eigenvalue weighted by atomic mass is 35.5. The predicted molar refractivity (Wildman–Crippen MR) is 85.2 cm³/mol. The van der Waals surface area contributed by atoms with Gasteiger partial charge >= 0.3 is 6.18 Å². The van der Waals surface area contributed by atoms with Gasteiger partial charge in [0.05, 0.1) is 16.3 Å². The maximum atomic E-state index is 12.5. The number of alkyl halides is 3. The molecule has 0 unspecified atom stereocenters. The Kier molecular flexibility index (Phi) is 5.14. The van der Waals surface area contributed by atoms with E-state index in [4.69, 9.17) is 11.6 Å². The van der Waals surface area contributed by atoms with E-state index >= 15 is 0 Å². The molecule has 0 atom stereocenters. The number of nitrogens with one attached hydrogen (secondary N) is 2. The molecule has 2 aromatic carbocycles. The van der Waals surface area contributed by atoms with Crippen molar-refractivity contribution >= 4 is 34.8 Å². The third-order valence-electron chi connectivity index (χ3n) is 3.01. The summed E-state index contributed by atoms with van der Waals surface area (Å²) in [5, 5.41) is 5.25. The standard InChI is InChI=1S/C16H12ClF3N2O2/c1-9(23)21-14-7-6-12(8-13(14)17)22-15(24)10-2-4-11(5-3-10)16(18,19)20/h2-8H,1H3,(H,21,23)(H,22,24). The van der Waals surface area contributed by atoms with Gasteiger partial charge in [-0.3, -0.25) is 9.59 Å². The van der Waals surface area contributed by atoms with Crippen molar-refractivity contribution in [3.8, 4) is 0 Å². The SMILES string of the molecule is CC(=O)Nc1ccc(NC(=O)c2ccc(C(F)(F)F)cc2)cc1Cl. The van der Waals surface area contributed by atoms with Crippen LogP contribution in [0.4, 0.5) is 24.5 Å². The summed E-state index contributed by atoms with van der Waals surface area (Å²) < 4.78 is 37.5. The van der Waals surface area contributed by atoms with Gasteiger partial charge in [0.2, 0.25) is 5.91 Å². The van der Waals surface area contributed by atoms with Crippen LogP contribution in [0.2, 0.25) is 5.02 Å². The monoisotopic (exact) mass is 356 g/mol. The number of hydrogen-bond acceptors (Lipinski definition) is 2. The molecule has 2 rings (SSSR count). The Balaban J connectivity index is 2.12. The highest BCUT2D eigenvalue weighted by Gasteiger charge is 2.30. The van der Waals surface area contributed by atoms with Gasteiger partial charge < -0.3 is 10.6 Å². The summed E-state index contributed by atoms with van der Waals surface area (Å²) in [6, 6.07) is 8.29. The van der Waals surface area contributed by atoms with E-state index in [0.717, 1.165) is 24.3 Å². The molecule has 2 aromatic rings. The van der Waals surface area contributed by atoms with E-state index in [1.807, 2.05) is 0 Å². The lowest BCUT2D eigenvalue weighted by Crippen LogP contribution is -2.13. The number of amides is 2. The Hall–Kier alpha value is -2.54. The number of rotatable bonds is 3. The van der Waals surface area contributed by atoms with E-state index in [-0.39, 0.29) is 16.5 Å². The smallest absolute Gasteiger partial charge is 0.325 e. The first kappa shape index (κ1) is 17.8. The summed E-state index contributed by atoms with van der Waals surface area (Å²) in [5.74, 6) is -0.870. The molecule has 0 bridgehead atoms. The fraction of sp³-hybridized carbons (Fsp3) is 0.125.